The van der Waals surface area contributed by atoms with Gasteiger partial charge in [0.25, 0.3) is 5.91 Å². The Bertz CT molecular complexity index is 577. The number of hydrogen-bond donors (Lipinski definition) is 2. The van der Waals surface area contributed by atoms with Crippen LogP contribution in [0, 0.1) is 0 Å². The standard InChI is InChI=1S/C12H14N4O2/c1-16-7-14-6-10(16)12(17)15-9-5-8(13)3-4-11(9)18-2/h3-7H,13H2,1-2H3,(H,15,17). The third kappa shape index (κ3) is 2.27. The van der Waals surface area contributed by atoms with Gasteiger partial charge in [-0.3, -0.25) is 4.79 Å². The lowest BCUT2D eigenvalue weighted by molar-refractivity contribution is 0.101. The fourth-order valence-electron chi connectivity index (χ4n) is 1.59. The molecule has 2 aromatic rings. The maximum Gasteiger partial charge on any atom is 0.274 e. The quantitative estimate of drug-likeness (QED) is 0.799. The number of nitrogens with two attached hydrogens (primary N) is 1. The number of methoxy groups -OCH3 is 1. The van der Waals surface area contributed by atoms with E-state index in [1.54, 1.807) is 36.1 Å². The first-order valence-electron chi connectivity index (χ1n) is 5.33. The summed E-state index contributed by atoms with van der Waals surface area (Å²) in [5.74, 6) is 0.290. The average molecular weight is 246 g/mol. The van der Waals surface area contributed by atoms with E-state index in [0.717, 1.165) is 0 Å². The predicted molar refractivity (Wildman–Crippen MR) is 68.6 cm³/mol. The molecule has 1 amide bonds. The summed E-state index contributed by atoms with van der Waals surface area (Å²) in [6, 6.07) is 5.06. The minimum atomic E-state index is -0.265. The van der Waals surface area contributed by atoms with Crippen LogP contribution in [0.1, 0.15) is 10.5 Å². The van der Waals surface area contributed by atoms with Crippen molar-refractivity contribution in [2.24, 2.45) is 7.05 Å². The van der Waals surface area contributed by atoms with Gasteiger partial charge in [0.05, 0.1) is 25.3 Å². The second kappa shape index (κ2) is 4.79. The van der Waals surface area contributed by atoms with Crippen molar-refractivity contribution < 1.29 is 9.53 Å². The molecule has 0 unspecified atom stereocenters. The molecule has 0 saturated heterocycles. The molecule has 3 N–H and O–H groups in total. The molecular formula is C12H14N4O2. The van der Waals surface area contributed by atoms with Crippen LogP contribution in [0.25, 0.3) is 0 Å². The lowest BCUT2D eigenvalue weighted by Crippen LogP contribution is -2.16. The highest BCUT2D eigenvalue weighted by atomic mass is 16.5. The molecule has 18 heavy (non-hydrogen) atoms. The Morgan fingerprint density at radius 1 is 1.50 bits per heavy atom. The van der Waals surface area contributed by atoms with Crippen LogP contribution in [0.15, 0.2) is 30.7 Å². The highest BCUT2D eigenvalue weighted by Crippen LogP contribution is 2.26. The zero-order chi connectivity index (χ0) is 13.1. The van der Waals surface area contributed by atoms with E-state index in [0.29, 0.717) is 22.8 Å². The van der Waals surface area contributed by atoms with Crippen molar-refractivity contribution in [2.75, 3.05) is 18.2 Å². The molecule has 0 bridgehead atoms. The van der Waals surface area contributed by atoms with Gasteiger partial charge in [-0.05, 0) is 18.2 Å². The lowest BCUT2D eigenvalue weighted by Gasteiger charge is -2.10. The number of carbonyl (C=O) groups excluding carboxylic acids is 1. The molecule has 1 aromatic carbocycles. The van der Waals surface area contributed by atoms with E-state index in [2.05, 4.69) is 10.3 Å². The normalized spacial score (nSPS) is 10.1. The first-order chi connectivity index (χ1) is 8.61. The molecule has 6 heteroatoms. The first-order valence-corrected chi connectivity index (χ1v) is 5.33. The molecule has 1 heterocycles. The second-order valence-electron chi connectivity index (χ2n) is 3.80. The molecule has 0 saturated carbocycles. The molecule has 0 atom stereocenters. The van der Waals surface area contributed by atoms with Crippen molar-refractivity contribution in [1.29, 1.82) is 0 Å². The number of benzene rings is 1. The van der Waals surface area contributed by atoms with Crippen LogP contribution in [0.3, 0.4) is 0 Å². The van der Waals surface area contributed by atoms with Crippen molar-refractivity contribution in [3.63, 3.8) is 0 Å². The summed E-state index contributed by atoms with van der Waals surface area (Å²) in [5, 5.41) is 2.74. The fraction of sp³-hybridized carbons (Fsp3) is 0.167. The van der Waals surface area contributed by atoms with Crippen molar-refractivity contribution in [2.45, 2.75) is 0 Å². The van der Waals surface area contributed by atoms with E-state index in [-0.39, 0.29) is 5.91 Å². The summed E-state index contributed by atoms with van der Waals surface area (Å²) < 4.78 is 6.79. The molecule has 0 radical (unpaired) electrons. The molecule has 94 valence electrons. The second-order valence-corrected chi connectivity index (χ2v) is 3.80. The predicted octanol–water partition coefficient (Wildman–Crippen LogP) is 1.26. The molecular weight excluding hydrogens is 232 g/mol. The van der Waals surface area contributed by atoms with Gasteiger partial charge in [0.15, 0.2) is 0 Å². The van der Waals surface area contributed by atoms with Gasteiger partial charge in [-0.15, -0.1) is 0 Å². The van der Waals surface area contributed by atoms with E-state index in [4.69, 9.17) is 10.5 Å². The molecule has 0 aliphatic heterocycles. The number of hydrogen-bond acceptors (Lipinski definition) is 4. The Hall–Kier alpha value is -2.50. The van der Waals surface area contributed by atoms with Gasteiger partial charge < -0.3 is 20.4 Å². The summed E-state index contributed by atoms with van der Waals surface area (Å²) in [4.78, 5) is 15.9. The number of nitrogen functional groups attached to an aromatic ring is 1. The van der Waals surface area contributed by atoms with E-state index >= 15 is 0 Å². The van der Waals surface area contributed by atoms with Gasteiger partial charge in [0.2, 0.25) is 0 Å². The van der Waals surface area contributed by atoms with Crippen LogP contribution >= 0.6 is 0 Å². The Morgan fingerprint density at radius 3 is 2.89 bits per heavy atom. The summed E-state index contributed by atoms with van der Waals surface area (Å²) in [7, 11) is 3.28. The summed E-state index contributed by atoms with van der Waals surface area (Å²) >= 11 is 0. The molecule has 0 aliphatic rings. The third-order valence-electron chi connectivity index (χ3n) is 2.52. The zero-order valence-corrected chi connectivity index (χ0v) is 10.2. The van der Waals surface area contributed by atoms with E-state index < -0.39 is 0 Å². The third-order valence-corrected chi connectivity index (χ3v) is 2.52. The van der Waals surface area contributed by atoms with Crippen molar-refractivity contribution >= 4 is 17.3 Å². The maximum atomic E-state index is 12.0. The lowest BCUT2D eigenvalue weighted by atomic mass is 10.2. The van der Waals surface area contributed by atoms with Crippen molar-refractivity contribution in [1.82, 2.24) is 9.55 Å². The molecule has 2 rings (SSSR count). The molecule has 1 aromatic heterocycles. The monoisotopic (exact) mass is 246 g/mol. The van der Waals surface area contributed by atoms with Gasteiger partial charge in [0.1, 0.15) is 11.4 Å². The van der Waals surface area contributed by atoms with E-state index in [1.165, 1.54) is 13.3 Å². The fourth-order valence-corrected chi connectivity index (χ4v) is 1.59. The summed E-state index contributed by atoms with van der Waals surface area (Å²) in [5.41, 5.74) is 7.22. The number of nitrogens with one attached hydrogen (secondary N) is 1. The largest absolute Gasteiger partial charge is 0.495 e. The number of aryl methyl sites for hydroxylation is 1. The number of nitrogens with zero attached hydrogens (tertiary/aromatic N) is 2. The number of imidazole rings is 1. The zero-order valence-electron chi connectivity index (χ0n) is 10.2. The smallest absolute Gasteiger partial charge is 0.274 e. The Morgan fingerprint density at radius 2 is 2.28 bits per heavy atom. The topological polar surface area (TPSA) is 82.2 Å². The van der Waals surface area contributed by atoms with Gasteiger partial charge in [0, 0.05) is 12.7 Å². The molecule has 0 aliphatic carbocycles. The van der Waals surface area contributed by atoms with Gasteiger partial charge >= 0.3 is 0 Å². The van der Waals surface area contributed by atoms with Gasteiger partial charge in [-0.1, -0.05) is 0 Å². The number of aromatic nitrogens is 2. The number of carbonyl (C=O) groups is 1. The minimum Gasteiger partial charge on any atom is -0.495 e. The van der Waals surface area contributed by atoms with E-state index in [9.17, 15) is 4.79 Å². The van der Waals surface area contributed by atoms with Gasteiger partial charge in [-0.2, -0.15) is 0 Å². The Balaban J connectivity index is 2.27. The number of anilines is 2. The molecule has 6 nitrogen and oxygen atoms in total. The van der Waals surface area contributed by atoms with Crippen LogP contribution < -0.4 is 15.8 Å². The number of amides is 1. The summed E-state index contributed by atoms with van der Waals surface area (Å²) in [6.45, 7) is 0. The van der Waals surface area contributed by atoms with Crippen molar-refractivity contribution in [3.05, 3.63) is 36.4 Å². The SMILES string of the molecule is COc1ccc(N)cc1NC(=O)c1cncn1C. The molecule has 0 spiro atoms. The van der Waals surface area contributed by atoms with Crippen LogP contribution in [-0.2, 0) is 7.05 Å². The first kappa shape index (κ1) is 12.0. The van der Waals surface area contributed by atoms with E-state index in [1.807, 2.05) is 0 Å². The Labute approximate surface area is 104 Å². The van der Waals surface area contributed by atoms with Crippen LogP contribution in [0.5, 0.6) is 5.75 Å². The van der Waals surface area contributed by atoms with Crippen LogP contribution in [0.4, 0.5) is 11.4 Å². The maximum absolute atomic E-state index is 12.0. The van der Waals surface area contributed by atoms with Crippen molar-refractivity contribution in [3.8, 4) is 5.75 Å². The van der Waals surface area contributed by atoms with Crippen LogP contribution in [-0.4, -0.2) is 22.6 Å². The highest BCUT2D eigenvalue weighted by Gasteiger charge is 2.12. The highest BCUT2D eigenvalue weighted by molar-refractivity contribution is 6.04. The summed E-state index contributed by atoms with van der Waals surface area (Å²) in [6.07, 6.45) is 3.06. The minimum absolute atomic E-state index is 0.265. The number of ether oxygens (including phenoxy) is 1. The van der Waals surface area contributed by atoms with Crippen LogP contribution in [0.2, 0.25) is 0 Å². The van der Waals surface area contributed by atoms with Gasteiger partial charge in [-0.25, -0.2) is 4.98 Å². The Kier molecular flexibility index (Phi) is 3.18. The number of rotatable bonds is 3. The molecule has 0 fully saturated rings. The average Bonchev–Trinajstić information content (AvgIpc) is 2.76.